The van der Waals surface area contributed by atoms with Gasteiger partial charge in [-0.25, -0.2) is 0 Å². The normalized spacial score (nSPS) is 11.6. The summed E-state index contributed by atoms with van der Waals surface area (Å²) in [5, 5.41) is 5.88. The molecule has 0 atom stereocenters. The number of rotatable bonds is 71. The van der Waals surface area contributed by atoms with Gasteiger partial charge in [-0.15, -0.1) is 0 Å². The lowest BCUT2D eigenvalue weighted by Crippen LogP contribution is -2.68. The van der Waals surface area contributed by atoms with Crippen LogP contribution in [0.5, 0.6) is 0 Å². The highest BCUT2D eigenvalue weighted by Crippen LogP contribution is 2.24. The monoisotopic (exact) mass is 1170 g/mol. The summed E-state index contributed by atoms with van der Waals surface area (Å²) in [5.74, 6) is -1.39. The third-order valence-corrected chi connectivity index (χ3v) is 18.2. The molecule has 0 saturated heterocycles. The van der Waals surface area contributed by atoms with Crippen molar-refractivity contribution in [3.8, 4) is 0 Å². The van der Waals surface area contributed by atoms with Gasteiger partial charge in [-0.2, -0.15) is 0 Å². The molecule has 8 nitrogen and oxygen atoms in total. The van der Waals surface area contributed by atoms with E-state index >= 15 is 0 Å². The first-order valence-electron chi connectivity index (χ1n) is 37.6. The number of nitrogens with one attached hydrogen (secondary N) is 2. The first kappa shape index (κ1) is 80.6. The van der Waals surface area contributed by atoms with Crippen LogP contribution in [0.4, 0.5) is 0 Å². The first-order chi connectivity index (χ1) is 40.7. The fourth-order valence-electron chi connectivity index (χ4n) is 12.5. The Labute approximate surface area is 517 Å². The molecule has 0 aliphatic carbocycles. The van der Waals surface area contributed by atoms with Crippen LogP contribution in [0.1, 0.15) is 438 Å². The predicted molar refractivity (Wildman–Crippen MR) is 363 cm³/mol. The summed E-state index contributed by atoms with van der Waals surface area (Å²) in [6.07, 6.45) is 82.0. The molecule has 0 heterocycles. The van der Waals surface area contributed by atoms with Crippen LogP contribution in [0.3, 0.4) is 0 Å². The minimum absolute atomic E-state index is 0.159. The van der Waals surface area contributed by atoms with Crippen LogP contribution in [-0.2, 0) is 19.2 Å². The number of carbonyl (C=O) groups is 4. The van der Waals surface area contributed by atoms with Gasteiger partial charge in [0, 0.05) is 19.3 Å². The third kappa shape index (κ3) is 58.4. The zero-order chi connectivity index (χ0) is 60.5. The topological polar surface area (TPSA) is 144 Å². The van der Waals surface area contributed by atoms with Gasteiger partial charge in [0.05, 0.1) is 0 Å². The van der Waals surface area contributed by atoms with Crippen LogP contribution >= 0.6 is 0 Å². The van der Waals surface area contributed by atoms with E-state index < -0.39 is 11.6 Å². The van der Waals surface area contributed by atoms with E-state index in [1.165, 1.54) is 327 Å². The average Bonchev–Trinajstić information content (AvgIpc) is 3.65. The molecule has 0 aromatic heterocycles. The Morgan fingerprint density at radius 3 is 0.578 bits per heavy atom. The summed E-state index contributed by atoms with van der Waals surface area (Å²) in [5.41, 5.74) is 10.1. The summed E-state index contributed by atoms with van der Waals surface area (Å²) in [6.45, 7) is 8.87. The Bertz CT molecular complexity index is 1370. The average molecular weight is 1170 g/mol. The lowest BCUT2D eigenvalue weighted by Gasteiger charge is -2.34. The minimum Gasteiger partial charge on any atom is -0.370 e. The number of carbonyl (C=O) groups excluding carboxylic acids is 4. The number of primary amides is 2. The second-order valence-electron chi connectivity index (χ2n) is 26.5. The van der Waals surface area contributed by atoms with Crippen LogP contribution in [0.2, 0.25) is 0 Å². The Kier molecular flexibility index (Phi) is 63.7. The molecule has 0 aliphatic rings. The molecule has 6 N–H and O–H groups in total. The predicted octanol–water partition coefficient (Wildman–Crippen LogP) is 23.2. The molecule has 0 spiro atoms. The van der Waals surface area contributed by atoms with Gasteiger partial charge in [-0.05, 0) is 37.7 Å². The number of unbranched alkanes of at least 4 members (excludes halogenated alkanes) is 59. The molecule has 490 valence electrons. The molecule has 4 amide bonds. The standard InChI is InChI=1S/C75H146N4O4/c1-4-6-8-10-12-14-16-18-38-44-48-52-56-60-64-68-72(81)78-75(74(77)83,79-73(82)69-65-61-57-53-49-45-39-19-17-15-13-11-9-7-5-2)70(3)66-62-58-54-50-46-42-40-36-34-32-30-28-26-24-22-20-21-23-25-27-29-31-33-35-37-41-43-47-51-55-59-63-67-71(76)80/h3-69H2,1-2H3,(H2,76,80)(H2,77,83)(H,78,81)(H,79,82). The van der Waals surface area contributed by atoms with Crippen molar-refractivity contribution in [3.05, 3.63) is 12.2 Å². The highest BCUT2D eigenvalue weighted by atomic mass is 16.2. The molecule has 0 saturated carbocycles. The molecule has 0 fully saturated rings. The zero-order valence-corrected chi connectivity index (χ0v) is 56.2. The number of hydrogen-bond donors (Lipinski definition) is 4. The molecule has 0 rings (SSSR count). The molecule has 0 unspecified atom stereocenters. The van der Waals surface area contributed by atoms with Crippen LogP contribution in [-0.4, -0.2) is 29.3 Å². The van der Waals surface area contributed by atoms with E-state index in [1.807, 2.05) is 0 Å². The van der Waals surface area contributed by atoms with Crippen molar-refractivity contribution in [2.45, 2.75) is 443 Å². The van der Waals surface area contributed by atoms with E-state index in [0.29, 0.717) is 31.3 Å². The van der Waals surface area contributed by atoms with E-state index in [4.69, 9.17) is 11.5 Å². The Morgan fingerprint density at radius 2 is 0.410 bits per heavy atom. The second kappa shape index (κ2) is 65.6. The van der Waals surface area contributed by atoms with Gasteiger partial charge in [0.25, 0.3) is 5.91 Å². The van der Waals surface area contributed by atoms with Crippen molar-refractivity contribution in [3.63, 3.8) is 0 Å². The van der Waals surface area contributed by atoms with Crippen LogP contribution in [0, 0.1) is 0 Å². The maximum Gasteiger partial charge on any atom is 0.268 e. The van der Waals surface area contributed by atoms with Gasteiger partial charge in [0.1, 0.15) is 0 Å². The summed E-state index contributed by atoms with van der Waals surface area (Å²) in [6, 6.07) is 0. The van der Waals surface area contributed by atoms with E-state index in [9.17, 15) is 19.2 Å². The van der Waals surface area contributed by atoms with Crippen molar-refractivity contribution < 1.29 is 19.2 Å². The Balaban J connectivity index is 4.32. The van der Waals surface area contributed by atoms with Crippen LogP contribution in [0.25, 0.3) is 0 Å². The van der Waals surface area contributed by atoms with Crippen molar-refractivity contribution in [2.75, 3.05) is 0 Å². The quantitative estimate of drug-likeness (QED) is 0.0273. The van der Waals surface area contributed by atoms with Crippen molar-refractivity contribution in [1.82, 2.24) is 10.6 Å². The van der Waals surface area contributed by atoms with Crippen molar-refractivity contribution in [1.29, 1.82) is 0 Å². The Morgan fingerprint density at radius 1 is 0.253 bits per heavy atom. The SMILES string of the molecule is C=C(CCCCCCCCCCCCCCCCCCCCCCCCCCCCCCCCCCC(N)=O)C(NC(=O)CCCCCCCCCCCCCCCCC)(NC(=O)CCCCCCCCCCCCCCCCC)C(N)=O. The van der Waals surface area contributed by atoms with Gasteiger partial charge >= 0.3 is 0 Å². The van der Waals surface area contributed by atoms with Gasteiger partial charge in [0.2, 0.25) is 23.4 Å². The number of hydrogen-bond acceptors (Lipinski definition) is 4. The van der Waals surface area contributed by atoms with E-state index in [2.05, 4.69) is 31.1 Å². The smallest absolute Gasteiger partial charge is 0.268 e. The molecular formula is C75H146N4O4. The fraction of sp³-hybridized carbons (Fsp3) is 0.920. The lowest BCUT2D eigenvalue weighted by atomic mass is 9.93. The van der Waals surface area contributed by atoms with E-state index in [1.54, 1.807) is 0 Å². The highest BCUT2D eigenvalue weighted by molar-refractivity contribution is 5.96. The molecule has 0 radical (unpaired) electrons. The summed E-state index contributed by atoms with van der Waals surface area (Å²) in [7, 11) is 0. The summed E-state index contributed by atoms with van der Waals surface area (Å²) in [4.78, 5) is 51.2. The zero-order valence-electron chi connectivity index (χ0n) is 56.2. The molecule has 0 aromatic rings. The van der Waals surface area contributed by atoms with Crippen LogP contribution < -0.4 is 22.1 Å². The molecule has 0 aliphatic heterocycles. The first-order valence-corrected chi connectivity index (χ1v) is 37.6. The second-order valence-corrected chi connectivity index (χ2v) is 26.5. The molecular weight excluding hydrogens is 1020 g/mol. The van der Waals surface area contributed by atoms with Crippen molar-refractivity contribution >= 4 is 23.6 Å². The van der Waals surface area contributed by atoms with Gasteiger partial charge < -0.3 is 22.1 Å². The largest absolute Gasteiger partial charge is 0.370 e. The Hall–Kier alpha value is -2.38. The summed E-state index contributed by atoms with van der Waals surface area (Å²) >= 11 is 0. The van der Waals surface area contributed by atoms with E-state index in [-0.39, 0.29) is 17.7 Å². The molecule has 8 heteroatoms. The van der Waals surface area contributed by atoms with E-state index in [0.717, 1.165) is 70.6 Å². The molecule has 83 heavy (non-hydrogen) atoms. The van der Waals surface area contributed by atoms with Gasteiger partial charge in [-0.1, -0.05) is 393 Å². The molecule has 0 bridgehead atoms. The fourth-order valence-corrected chi connectivity index (χ4v) is 12.5. The number of amides is 4. The maximum absolute atomic E-state index is 13.5. The minimum atomic E-state index is -1.75. The summed E-state index contributed by atoms with van der Waals surface area (Å²) < 4.78 is 0. The van der Waals surface area contributed by atoms with Gasteiger partial charge in [0.15, 0.2) is 0 Å². The lowest BCUT2D eigenvalue weighted by molar-refractivity contribution is -0.135. The van der Waals surface area contributed by atoms with Gasteiger partial charge in [-0.3, -0.25) is 19.2 Å². The highest BCUT2D eigenvalue weighted by Gasteiger charge is 2.42. The third-order valence-electron chi connectivity index (χ3n) is 18.2. The van der Waals surface area contributed by atoms with Crippen molar-refractivity contribution in [2.24, 2.45) is 11.5 Å². The van der Waals surface area contributed by atoms with Crippen LogP contribution in [0.15, 0.2) is 12.2 Å². The molecule has 0 aromatic carbocycles. The maximum atomic E-state index is 13.5. The number of nitrogens with two attached hydrogens (primary N) is 2.